The summed E-state index contributed by atoms with van der Waals surface area (Å²) in [5, 5.41) is 6.22. The van der Waals surface area contributed by atoms with E-state index >= 15 is 0 Å². The van der Waals surface area contributed by atoms with Gasteiger partial charge in [-0.1, -0.05) is 117 Å². The van der Waals surface area contributed by atoms with Crippen molar-refractivity contribution in [2.75, 3.05) is 26.2 Å². The number of fused-ring (bicyclic) bond motifs is 1. The lowest BCUT2D eigenvalue weighted by molar-refractivity contribution is -0.192. The number of hydrazine groups is 1. The maximum Gasteiger partial charge on any atom is 0.334 e. The van der Waals surface area contributed by atoms with Gasteiger partial charge in [-0.15, -0.1) is 6.42 Å². The maximum absolute atomic E-state index is 14.2. The fourth-order valence-corrected chi connectivity index (χ4v) is 6.36. The molecule has 0 bridgehead atoms. The molecule has 2 fully saturated rings. The van der Waals surface area contributed by atoms with Crippen LogP contribution < -0.4 is 5.32 Å². The second-order valence-electron chi connectivity index (χ2n) is 11.6. The number of benzene rings is 3. The number of hydrogen-bond donors (Lipinski definition) is 1. The number of hydrogen-bond acceptors (Lipinski definition) is 4. The van der Waals surface area contributed by atoms with Gasteiger partial charge in [0.2, 0.25) is 11.8 Å². The van der Waals surface area contributed by atoms with Crippen LogP contribution >= 0.6 is 0 Å². The Morgan fingerprint density at radius 2 is 1.55 bits per heavy atom. The summed E-state index contributed by atoms with van der Waals surface area (Å²) in [5.41, 5.74) is 3.32. The number of carbonyl (C=O) groups excluding carboxylic acids is 3. The van der Waals surface area contributed by atoms with E-state index in [1.165, 1.54) is 11.1 Å². The highest BCUT2D eigenvalue weighted by atomic mass is 16.2. The molecule has 0 saturated carbocycles. The van der Waals surface area contributed by atoms with E-state index in [4.69, 9.17) is 6.42 Å². The lowest BCUT2D eigenvalue weighted by atomic mass is 9.87. The van der Waals surface area contributed by atoms with Gasteiger partial charge in [-0.25, -0.2) is 9.80 Å². The Morgan fingerprint density at radius 3 is 2.11 bits per heavy atom. The van der Waals surface area contributed by atoms with Crippen LogP contribution in [0.1, 0.15) is 49.3 Å². The first-order valence-corrected chi connectivity index (χ1v) is 15.4. The van der Waals surface area contributed by atoms with Gasteiger partial charge in [-0.3, -0.25) is 9.59 Å². The molecule has 0 aromatic heterocycles. The van der Waals surface area contributed by atoms with E-state index in [1.54, 1.807) is 14.9 Å². The fraction of sp³-hybridized carbons (Fsp3) is 0.361. The minimum absolute atomic E-state index is 0.0657. The predicted octanol–water partition coefficient (Wildman–Crippen LogP) is 4.70. The van der Waals surface area contributed by atoms with Crippen LogP contribution in [0.15, 0.2) is 91.0 Å². The van der Waals surface area contributed by atoms with Crippen LogP contribution in [0.4, 0.5) is 4.79 Å². The van der Waals surface area contributed by atoms with Gasteiger partial charge in [0.25, 0.3) is 0 Å². The van der Waals surface area contributed by atoms with E-state index in [1.807, 2.05) is 85.5 Å². The molecular weight excluding hydrogens is 550 g/mol. The summed E-state index contributed by atoms with van der Waals surface area (Å²) in [6, 6.07) is 29.3. The van der Waals surface area contributed by atoms with E-state index in [2.05, 4.69) is 35.5 Å². The van der Waals surface area contributed by atoms with E-state index in [0.717, 1.165) is 5.56 Å². The molecule has 2 aliphatic heterocycles. The normalized spacial score (nSPS) is 19.5. The Balaban J connectivity index is 1.45. The third kappa shape index (κ3) is 6.63. The van der Waals surface area contributed by atoms with Gasteiger partial charge in [0.15, 0.2) is 0 Å². The van der Waals surface area contributed by atoms with Crippen molar-refractivity contribution < 1.29 is 14.4 Å². The molecule has 3 aromatic rings. The molecule has 1 N–H and O–H groups in total. The van der Waals surface area contributed by atoms with Gasteiger partial charge < -0.3 is 15.1 Å². The Bertz CT molecular complexity index is 1420. The highest BCUT2D eigenvalue weighted by molar-refractivity contribution is 5.91. The van der Waals surface area contributed by atoms with Gasteiger partial charge in [-0.2, -0.15) is 5.01 Å². The molecule has 2 aliphatic rings. The maximum atomic E-state index is 14.2. The molecule has 44 heavy (non-hydrogen) atoms. The highest BCUT2D eigenvalue weighted by Gasteiger charge is 2.52. The Hall–Kier alpha value is -4.61. The molecular formula is C36H41N5O3. The molecule has 228 valence electrons. The van der Waals surface area contributed by atoms with Crippen LogP contribution in [0.5, 0.6) is 0 Å². The summed E-state index contributed by atoms with van der Waals surface area (Å²) in [7, 11) is 0. The van der Waals surface area contributed by atoms with E-state index in [9.17, 15) is 14.4 Å². The molecule has 0 aliphatic carbocycles. The number of rotatable bonds is 10. The van der Waals surface area contributed by atoms with Crippen molar-refractivity contribution in [3.8, 4) is 12.3 Å². The zero-order chi connectivity index (χ0) is 31.1. The van der Waals surface area contributed by atoms with Crippen LogP contribution in [0.3, 0.4) is 0 Å². The molecule has 5 rings (SSSR count). The van der Waals surface area contributed by atoms with Gasteiger partial charge in [-0.05, 0) is 29.0 Å². The number of nitrogens with zero attached hydrogens (tertiary/aromatic N) is 4. The second-order valence-corrected chi connectivity index (χ2v) is 11.6. The smallest absolute Gasteiger partial charge is 0.334 e. The summed E-state index contributed by atoms with van der Waals surface area (Å²) in [4.78, 5) is 45.2. The number of carbonyl (C=O) groups is 3. The van der Waals surface area contributed by atoms with Crippen LogP contribution in [-0.2, 0) is 16.1 Å². The third-order valence-corrected chi connectivity index (χ3v) is 8.80. The third-order valence-electron chi connectivity index (χ3n) is 8.80. The average molecular weight is 592 g/mol. The molecule has 8 heteroatoms. The summed E-state index contributed by atoms with van der Waals surface area (Å²) in [5.74, 6) is 2.34. The van der Waals surface area contributed by atoms with Crippen molar-refractivity contribution in [2.45, 2.75) is 51.4 Å². The minimum Gasteiger partial charge on any atom is -0.337 e. The largest absolute Gasteiger partial charge is 0.337 e. The number of urea groups is 1. The Kier molecular flexibility index (Phi) is 9.98. The van der Waals surface area contributed by atoms with Gasteiger partial charge >= 0.3 is 6.03 Å². The Labute approximate surface area is 260 Å². The summed E-state index contributed by atoms with van der Waals surface area (Å²) in [6.07, 6.45) is 6.43. The zero-order valence-electron chi connectivity index (χ0n) is 25.5. The van der Waals surface area contributed by atoms with E-state index < -0.39 is 12.2 Å². The molecule has 2 heterocycles. The van der Waals surface area contributed by atoms with Crippen LogP contribution in [-0.4, -0.2) is 76.0 Å². The minimum atomic E-state index is -0.677. The molecule has 2 saturated heterocycles. The first-order chi connectivity index (χ1) is 21.4. The quantitative estimate of drug-likeness (QED) is 0.347. The monoisotopic (exact) mass is 591 g/mol. The second kappa shape index (κ2) is 14.2. The molecule has 8 nitrogen and oxygen atoms in total. The lowest BCUT2D eigenvalue weighted by Gasteiger charge is -2.56. The van der Waals surface area contributed by atoms with Crippen LogP contribution in [0.25, 0.3) is 0 Å². The van der Waals surface area contributed by atoms with Gasteiger partial charge in [0.1, 0.15) is 12.2 Å². The number of nitrogens with one attached hydrogen (secondary N) is 1. The van der Waals surface area contributed by atoms with Gasteiger partial charge in [0, 0.05) is 19.0 Å². The lowest BCUT2D eigenvalue weighted by Crippen LogP contribution is -2.77. The molecule has 1 unspecified atom stereocenters. The Morgan fingerprint density at radius 1 is 0.955 bits per heavy atom. The van der Waals surface area contributed by atoms with Crippen molar-refractivity contribution in [1.29, 1.82) is 0 Å². The van der Waals surface area contributed by atoms with E-state index in [0.29, 0.717) is 25.9 Å². The van der Waals surface area contributed by atoms with Crippen molar-refractivity contribution in [1.82, 2.24) is 25.1 Å². The first kappa shape index (κ1) is 30.8. The molecule has 0 radical (unpaired) electrons. The first-order valence-electron chi connectivity index (χ1n) is 15.4. The topological polar surface area (TPSA) is 76.2 Å². The van der Waals surface area contributed by atoms with Crippen molar-refractivity contribution in [2.24, 2.45) is 5.92 Å². The average Bonchev–Trinajstić information content (AvgIpc) is 3.05. The highest BCUT2D eigenvalue weighted by Crippen LogP contribution is 2.33. The number of amides is 4. The predicted molar refractivity (Wildman–Crippen MR) is 171 cm³/mol. The van der Waals surface area contributed by atoms with Crippen molar-refractivity contribution in [3.05, 3.63) is 108 Å². The molecule has 4 amide bonds. The fourth-order valence-electron chi connectivity index (χ4n) is 6.36. The zero-order valence-corrected chi connectivity index (χ0v) is 25.5. The van der Waals surface area contributed by atoms with Gasteiger partial charge in [0.05, 0.1) is 19.6 Å². The standard InChI is InChI=1S/C36H41N5O3/c1-4-22-39-26-33(42)40-32(41(39)36(44)37-24-28-15-9-6-10-16-28)25-38(35(43)34(40)27(3)5-2)23-21-31(29-17-11-7-12-18-29)30-19-13-8-14-20-30/h1,6-20,27,31-32,34H,5,21-26H2,2-3H3,(H,37,44)/t27?,32-,34-/m0/s1. The van der Waals surface area contributed by atoms with Crippen LogP contribution in [0, 0.1) is 18.3 Å². The van der Waals surface area contributed by atoms with Crippen molar-refractivity contribution in [3.63, 3.8) is 0 Å². The number of piperazine rings is 1. The molecule has 3 atom stereocenters. The molecule has 0 spiro atoms. The summed E-state index contributed by atoms with van der Waals surface area (Å²) < 4.78 is 0. The number of terminal acetylenes is 1. The molecule has 3 aromatic carbocycles. The van der Waals surface area contributed by atoms with Crippen LogP contribution in [0.2, 0.25) is 0 Å². The summed E-state index contributed by atoms with van der Waals surface area (Å²) >= 11 is 0. The SMILES string of the molecule is C#CCN1CC(=O)N2[C@@H](C(C)CC)C(=O)N(CCC(c3ccccc3)c3ccccc3)C[C@@H]2N1C(=O)NCc1ccccc1. The summed E-state index contributed by atoms with van der Waals surface area (Å²) in [6.45, 7) is 5.07. The van der Waals surface area contributed by atoms with E-state index in [-0.39, 0.29) is 49.3 Å². The van der Waals surface area contributed by atoms with Crippen molar-refractivity contribution >= 4 is 17.8 Å².